The molecule has 1 aliphatic rings. The number of carbonyl (C=O) groups excluding carboxylic acids is 1. The highest BCUT2D eigenvalue weighted by atomic mass is 16.6. The molecule has 0 saturated carbocycles. The second-order valence-corrected chi connectivity index (χ2v) is 5.67. The van der Waals surface area contributed by atoms with E-state index in [9.17, 15) is 4.79 Å². The monoisotopic (exact) mass is 290 g/mol. The quantitative estimate of drug-likeness (QED) is 0.784. The molecule has 0 bridgehead atoms. The summed E-state index contributed by atoms with van der Waals surface area (Å²) >= 11 is 0. The third-order valence-corrected chi connectivity index (χ3v) is 2.64. The Morgan fingerprint density at radius 3 is 2.15 bits per heavy atom. The van der Waals surface area contributed by atoms with Gasteiger partial charge in [-0.1, -0.05) is 0 Å². The second kappa shape index (κ2) is 8.06. The third kappa shape index (κ3) is 7.30. The molecular formula is C13H26N2O5. The van der Waals surface area contributed by atoms with Crippen LogP contribution in [0.1, 0.15) is 27.7 Å². The minimum Gasteiger partial charge on any atom is -0.481 e. The topological polar surface area (TPSA) is 102 Å². The lowest BCUT2D eigenvalue weighted by Crippen LogP contribution is -2.36. The fraction of sp³-hybridized carbons (Fsp3) is 0.846. The van der Waals surface area contributed by atoms with E-state index in [1.807, 2.05) is 20.8 Å². The van der Waals surface area contributed by atoms with Gasteiger partial charge in [0.15, 0.2) is 0 Å². The molecule has 0 radical (unpaired) electrons. The number of likely N-dealkylation sites (tertiary alicyclic amines) is 1. The summed E-state index contributed by atoms with van der Waals surface area (Å²) in [4.78, 5) is 22.5. The molecule has 0 aromatic carbocycles. The van der Waals surface area contributed by atoms with Crippen LogP contribution in [0.25, 0.3) is 0 Å². The van der Waals surface area contributed by atoms with Crippen LogP contribution < -0.4 is 5.73 Å². The van der Waals surface area contributed by atoms with E-state index in [-0.39, 0.29) is 18.1 Å². The van der Waals surface area contributed by atoms with E-state index in [1.54, 1.807) is 12.0 Å². The molecule has 20 heavy (non-hydrogen) atoms. The van der Waals surface area contributed by atoms with Crippen LogP contribution in [0.4, 0.5) is 4.79 Å². The summed E-state index contributed by atoms with van der Waals surface area (Å²) in [6, 6.07) is 0. The van der Waals surface area contributed by atoms with E-state index in [0.717, 1.165) is 6.92 Å². The molecular weight excluding hydrogens is 264 g/mol. The first-order valence-electron chi connectivity index (χ1n) is 6.51. The van der Waals surface area contributed by atoms with Gasteiger partial charge in [-0.05, 0) is 27.3 Å². The van der Waals surface area contributed by atoms with Crippen molar-refractivity contribution in [2.45, 2.75) is 39.4 Å². The lowest BCUT2D eigenvalue weighted by molar-refractivity contribution is -0.134. The Kier molecular flexibility index (Phi) is 7.52. The highest BCUT2D eigenvalue weighted by Crippen LogP contribution is 2.21. The van der Waals surface area contributed by atoms with Gasteiger partial charge in [0.1, 0.15) is 5.60 Å². The smallest absolute Gasteiger partial charge is 0.410 e. The summed E-state index contributed by atoms with van der Waals surface area (Å²) < 4.78 is 10.6. The molecule has 0 aromatic heterocycles. The van der Waals surface area contributed by atoms with Crippen LogP contribution in [-0.4, -0.2) is 60.5 Å². The predicted octanol–water partition coefficient (Wildman–Crippen LogP) is 0.918. The summed E-state index contributed by atoms with van der Waals surface area (Å²) in [6.45, 7) is 8.36. The van der Waals surface area contributed by atoms with Crippen molar-refractivity contribution < 1.29 is 24.2 Å². The first kappa shape index (κ1) is 18.7. The minimum atomic E-state index is -0.833. The number of methoxy groups -OCH3 is 1. The van der Waals surface area contributed by atoms with Gasteiger partial charge in [-0.3, -0.25) is 4.79 Å². The highest BCUT2D eigenvalue weighted by Gasteiger charge is 2.36. The number of carbonyl (C=O) groups is 2. The Labute approximate surface area is 120 Å². The van der Waals surface area contributed by atoms with Crippen molar-refractivity contribution in [1.29, 1.82) is 0 Å². The van der Waals surface area contributed by atoms with Gasteiger partial charge >= 0.3 is 6.09 Å². The summed E-state index contributed by atoms with van der Waals surface area (Å²) in [5.41, 5.74) is 5.17. The van der Waals surface area contributed by atoms with Gasteiger partial charge in [0, 0.05) is 26.5 Å². The van der Waals surface area contributed by atoms with Crippen molar-refractivity contribution in [3.8, 4) is 0 Å². The molecule has 2 atom stereocenters. The maximum atomic E-state index is 11.8. The molecule has 1 aliphatic heterocycles. The lowest BCUT2D eigenvalue weighted by Gasteiger charge is -2.24. The summed E-state index contributed by atoms with van der Waals surface area (Å²) in [5.74, 6) is -0.627. The standard InChI is InChI=1S/C11H22N2O3.C2H4O2/c1-11(2,3)16-10(14)13-6-8(5-12)9(7-13)15-4;1-2(3)4/h8-9H,5-7,12H2,1-4H3;1H3,(H,3,4)/t8-,9-;/m1./s1. The highest BCUT2D eigenvalue weighted by molar-refractivity contribution is 5.68. The first-order chi connectivity index (χ1) is 9.10. The first-order valence-corrected chi connectivity index (χ1v) is 6.51. The third-order valence-electron chi connectivity index (χ3n) is 2.64. The Morgan fingerprint density at radius 2 is 1.85 bits per heavy atom. The molecule has 7 heteroatoms. The van der Waals surface area contributed by atoms with Crippen LogP contribution in [0, 0.1) is 5.92 Å². The minimum absolute atomic E-state index is 0.0255. The zero-order chi connectivity index (χ0) is 15.9. The van der Waals surface area contributed by atoms with E-state index in [1.165, 1.54) is 0 Å². The molecule has 1 heterocycles. The van der Waals surface area contributed by atoms with Crippen molar-refractivity contribution >= 4 is 12.1 Å². The fourth-order valence-corrected chi connectivity index (χ4v) is 1.81. The van der Waals surface area contributed by atoms with Crippen LogP contribution in [0.15, 0.2) is 0 Å². The van der Waals surface area contributed by atoms with Gasteiger partial charge in [-0.25, -0.2) is 4.79 Å². The SMILES string of the molecule is CC(=O)O.CO[C@@H]1CN(C(=O)OC(C)(C)C)C[C@H]1CN. The average molecular weight is 290 g/mol. The predicted molar refractivity (Wildman–Crippen MR) is 74.5 cm³/mol. The number of nitrogens with two attached hydrogens (primary N) is 1. The number of hydrogen-bond donors (Lipinski definition) is 2. The Morgan fingerprint density at radius 1 is 1.35 bits per heavy atom. The molecule has 3 N–H and O–H groups in total. The van der Waals surface area contributed by atoms with Crippen molar-refractivity contribution in [2.24, 2.45) is 11.7 Å². The van der Waals surface area contributed by atoms with Gasteiger partial charge in [0.25, 0.3) is 5.97 Å². The summed E-state index contributed by atoms with van der Waals surface area (Å²) in [6.07, 6.45) is -0.261. The van der Waals surface area contributed by atoms with Gasteiger partial charge in [0.05, 0.1) is 12.6 Å². The second-order valence-electron chi connectivity index (χ2n) is 5.67. The molecule has 0 unspecified atom stereocenters. The summed E-state index contributed by atoms with van der Waals surface area (Å²) in [7, 11) is 1.64. The zero-order valence-electron chi connectivity index (χ0n) is 12.9. The van der Waals surface area contributed by atoms with Crippen molar-refractivity contribution in [1.82, 2.24) is 4.90 Å². The number of carboxylic acids is 1. The average Bonchev–Trinajstić information content (AvgIpc) is 2.68. The van der Waals surface area contributed by atoms with E-state index < -0.39 is 11.6 Å². The fourth-order valence-electron chi connectivity index (χ4n) is 1.81. The number of carboxylic acid groups (broad SMARTS) is 1. The van der Waals surface area contributed by atoms with Gasteiger partial charge < -0.3 is 25.2 Å². The Bertz CT molecular complexity index is 311. The number of aliphatic carboxylic acids is 1. The number of hydrogen-bond acceptors (Lipinski definition) is 5. The molecule has 1 amide bonds. The van der Waals surface area contributed by atoms with Crippen molar-refractivity contribution in [3.63, 3.8) is 0 Å². The number of amides is 1. The number of ether oxygens (including phenoxy) is 2. The molecule has 1 fully saturated rings. The van der Waals surface area contributed by atoms with Crippen LogP contribution in [0.5, 0.6) is 0 Å². The zero-order valence-corrected chi connectivity index (χ0v) is 12.9. The molecule has 118 valence electrons. The van der Waals surface area contributed by atoms with E-state index in [4.69, 9.17) is 25.1 Å². The Balaban J connectivity index is 0.000000796. The molecule has 1 rings (SSSR count). The molecule has 0 spiro atoms. The maximum absolute atomic E-state index is 11.8. The van der Waals surface area contributed by atoms with Gasteiger partial charge in [-0.2, -0.15) is 0 Å². The Hall–Kier alpha value is -1.34. The molecule has 0 aliphatic carbocycles. The number of nitrogens with zero attached hydrogens (tertiary/aromatic N) is 1. The van der Waals surface area contributed by atoms with Gasteiger partial charge in [-0.15, -0.1) is 0 Å². The lowest BCUT2D eigenvalue weighted by atomic mass is 10.1. The van der Waals surface area contributed by atoms with Gasteiger partial charge in [0.2, 0.25) is 0 Å². The molecule has 0 aromatic rings. The normalized spacial score (nSPS) is 22.0. The maximum Gasteiger partial charge on any atom is 0.410 e. The summed E-state index contributed by atoms with van der Waals surface area (Å²) in [5, 5.41) is 7.42. The van der Waals surface area contributed by atoms with Crippen molar-refractivity contribution in [2.75, 3.05) is 26.7 Å². The van der Waals surface area contributed by atoms with Crippen LogP contribution in [0.3, 0.4) is 0 Å². The van der Waals surface area contributed by atoms with Crippen molar-refractivity contribution in [3.05, 3.63) is 0 Å². The largest absolute Gasteiger partial charge is 0.481 e. The van der Waals surface area contributed by atoms with Crippen LogP contribution in [0.2, 0.25) is 0 Å². The van der Waals surface area contributed by atoms with Crippen LogP contribution in [-0.2, 0) is 14.3 Å². The number of rotatable bonds is 2. The van der Waals surface area contributed by atoms with E-state index >= 15 is 0 Å². The molecule has 7 nitrogen and oxygen atoms in total. The van der Waals surface area contributed by atoms with Crippen LogP contribution >= 0.6 is 0 Å². The van der Waals surface area contributed by atoms with E-state index in [2.05, 4.69) is 0 Å². The molecule has 1 saturated heterocycles. The van der Waals surface area contributed by atoms with E-state index in [0.29, 0.717) is 19.6 Å².